The Labute approximate surface area is 111 Å². The molecular formula is C12H13BrO3S. The number of hydrogen-bond donors (Lipinski definition) is 1. The molecule has 0 spiro atoms. The zero-order valence-electron chi connectivity index (χ0n) is 9.19. The molecule has 1 saturated carbocycles. The van der Waals surface area contributed by atoms with Crippen molar-refractivity contribution in [2.24, 2.45) is 5.92 Å². The van der Waals surface area contributed by atoms with Crippen LogP contribution < -0.4 is 0 Å². The van der Waals surface area contributed by atoms with Crippen LogP contribution in [0.25, 0.3) is 0 Å². The van der Waals surface area contributed by atoms with Gasteiger partial charge < -0.3 is 5.11 Å². The zero-order valence-corrected chi connectivity index (χ0v) is 11.6. The standard InChI is InChI=1S/C12H13BrO3S/c13-9-4-5-10(12(14)15)11(6-9)17(16)7-8-2-1-3-8/h4-6,8H,1-3,7H2,(H,14,15). The summed E-state index contributed by atoms with van der Waals surface area (Å²) in [6.07, 6.45) is 3.43. The summed E-state index contributed by atoms with van der Waals surface area (Å²) in [5, 5.41) is 9.06. The van der Waals surface area contributed by atoms with Crippen molar-refractivity contribution in [3.05, 3.63) is 28.2 Å². The maximum atomic E-state index is 12.2. The van der Waals surface area contributed by atoms with Crippen LogP contribution in [0, 0.1) is 5.92 Å². The van der Waals surface area contributed by atoms with Crippen LogP contribution in [0.15, 0.2) is 27.6 Å². The molecule has 5 heteroatoms. The lowest BCUT2D eigenvalue weighted by Gasteiger charge is -2.24. The minimum absolute atomic E-state index is 0.144. The van der Waals surface area contributed by atoms with E-state index >= 15 is 0 Å². The van der Waals surface area contributed by atoms with Gasteiger partial charge in [0.2, 0.25) is 0 Å². The van der Waals surface area contributed by atoms with Gasteiger partial charge >= 0.3 is 5.97 Å². The number of carboxylic acids is 1. The Morgan fingerprint density at radius 3 is 2.71 bits per heavy atom. The molecule has 17 heavy (non-hydrogen) atoms. The van der Waals surface area contributed by atoms with Crippen molar-refractivity contribution in [3.63, 3.8) is 0 Å². The molecule has 1 N–H and O–H groups in total. The van der Waals surface area contributed by atoms with Crippen LogP contribution in [-0.2, 0) is 10.8 Å². The predicted octanol–water partition coefficient (Wildman–Crippen LogP) is 3.06. The largest absolute Gasteiger partial charge is 0.478 e. The number of benzene rings is 1. The third-order valence-corrected chi connectivity index (χ3v) is 5.13. The third kappa shape index (κ3) is 2.96. The molecule has 1 unspecified atom stereocenters. The Morgan fingerprint density at radius 2 is 2.18 bits per heavy atom. The molecule has 0 aliphatic heterocycles. The molecule has 0 aromatic heterocycles. The first-order chi connectivity index (χ1) is 8.08. The first kappa shape index (κ1) is 12.8. The van der Waals surface area contributed by atoms with Crippen LogP contribution >= 0.6 is 15.9 Å². The Kier molecular flexibility index (Phi) is 3.99. The van der Waals surface area contributed by atoms with Gasteiger partial charge in [0.25, 0.3) is 0 Å². The Bertz CT molecular complexity index is 469. The minimum Gasteiger partial charge on any atom is -0.478 e. The Morgan fingerprint density at radius 1 is 1.47 bits per heavy atom. The van der Waals surface area contributed by atoms with E-state index in [1.807, 2.05) is 0 Å². The molecule has 2 rings (SSSR count). The topological polar surface area (TPSA) is 54.4 Å². The van der Waals surface area contributed by atoms with E-state index in [0.29, 0.717) is 16.6 Å². The average molecular weight is 317 g/mol. The van der Waals surface area contributed by atoms with Crippen LogP contribution in [0.4, 0.5) is 0 Å². The monoisotopic (exact) mass is 316 g/mol. The van der Waals surface area contributed by atoms with Gasteiger partial charge in [-0.05, 0) is 37.0 Å². The third-order valence-electron chi connectivity index (χ3n) is 3.03. The highest BCUT2D eigenvalue weighted by Crippen LogP contribution is 2.29. The fraction of sp³-hybridized carbons (Fsp3) is 0.417. The van der Waals surface area contributed by atoms with Gasteiger partial charge in [0.05, 0.1) is 21.3 Å². The van der Waals surface area contributed by atoms with Gasteiger partial charge in [0.1, 0.15) is 0 Å². The van der Waals surface area contributed by atoms with Crippen molar-refractivity contribution in [2.75, 3.05) is 5.75 Å². The van der Waals surface area contributed by atoms with Gasteiger partial charge in [-0.1, -0.05) is 22.4 Å². The fourth-order valence-electron chi connectivity index (χ4n) is 1.82. The van der Waals surface area contributed by atoms with Crippen LogP contribution in [0.2, 0.25) is 0 Å². The Balaban J connectivity index is 2.25. The smallest absolute Gasteiger partial charge is 0.336 e. The lowest BCUT2D eigenvalue weighted by atomic mass is 9.87. The van der Waals surface area contributed by atoms with Crippen molar-refractivity contribution in [1.82, 2.24) is 0 Å². The van der Waals surface area contributed by atoms with Crippen LogP contribution in [0.3, 0.4) is 0 Å². The van der Waals surface area contributed by atoms with Crippen LogP contribution in [0.1, 0.15) is 29.6 Å². The van der Waals surface area contributed by atoms with Gasteiger partial charge in [-0.2, -0.15) is 0 Å². The van der Waals surface area contributed by atoms with Crippen LogP contribution in [0.5, 0.6) is 0 Å². The highest BCUT2D eigenvalue weighted by atomic mass is 79.9. The zero-order chi connectivity index (χ0) is 12.4. The molecule has 1 aliphatic rings. The lowest BCUT2D eigenvalue weighted by molar-refractivity contribution is 0.0693. The Hall–Kier alpha value is -0.680. The van der Waals surface area contributed by atoms with Crippen LogP contribution in [-0.4, -0.2) is 21.0 Å². The molecule has 92 valence electrons. The van der Waals surface area contributed by atoms with Gasteiger partial charge in [0.15, 0.2) is 0 Å². The second kappa shape index (κ2) is 5.31. The number of aromatic carboxylic acids is 1. The number of carbonyl (C=O) groups is 1. The minimum atomic E-state index is -1.22. The van der Waals surface area contributed by atoms with E-state index in [9.17, 15) is 9.00 Å². The van der Waals surface area contributed by atoms with E-state index in [1.54, 1.807) is 12.1 Å². The second-order valence-corrected chi connectivity index (χ2v) is 6.63. The number of rotatable bonds is 4. The van der Waals surface area contributed by atoms with Crippen molar-refractivity contribution >= 4 is 32.7 Å². The first-order valence-electron chi connectivity index (χ1n) is 5.49. The quantitative estimate of drug-likeness (QED) is 0.928. The highest BCUT2D eigenvalue weighted by molar-refractivity contribution is 9.10. The van der Waals surface area contributed by atoms with E-state index < -0.39 is 16.8 Å². The summed E-state index contributed by atoms with van der Waals surface area (Å²) in [5.41, 5.74) is 0.144. The lowest BCUT2D eigenvalue weighted by Crippen LogP contribution is -2.19. The van der Waals surface area contributed by atoms with Gasteiger partial charge in [0, 0.05) is 10.2 Å². The molecule has 1 aromatic carbocycles. The average Bonchev–Trinajstić information content (AvgIpc) is 2.22. The van der Waals surface area contributed by atoms with Crippen molar-refractivity contribution < 1.29 is 14.1 Å². The van der Waals surface area contributed by atoms with Crippen molar-refractivity contribution in [2.45, 2.75) is 24.2 Å². The molecule has 1 aliphatic carbocycles. The molecule has 0 amide bonds. The van der Waals surface area contributed by atoms with Gasteiger partial charge in [-0.15, -0.1) is 0 Å². The summed E-state index contributed by atoms with van der Waals surface area (Å²) in [6.45, 7) is 0. The maximum Gasteiger partial charge on any atom is 0.336 e. The molecule has 0 radical (unpaired) electrons. The molecule has 3 nitrogen and oxygen atoms in total. The summed E-state index contributed by atoms with van der Waals surface area (Å²) in [4.78, 5) is 11.5. The van der Waals surface area contributed by atoms with Crippen molar-refractivity contribution in [1.29, 1.82) is 0 Å². The summed E-state index contributed by atoms with van der Waals surface area (Å²) in [6, 6.07) is 4.81. The summed E-state index contributed by atoms with van der Waals surface area (Å²) in [7, 11) is -1.22. The molecule has 0 heterocycles. The van der Waals surface area contributed by atoms with E-state index in [0.717, 1.165) is 17.3 Å². The van der Waals surface area contributed by atoms with Crippen molar-refractivity contribution in [3.8, 4) is 0 Å². The fourth-order valence-corrected chi connectivity index (χ4v) is 3.94. The molecule has 0 bridgehead atoms. The van der Waals surface area contributed by atoms with Gasteiger partial charge in [-0.3, -0.25) is 4.21 Å². The maximum absolute atomic E-state index is 12.2. The SMILES string of the molecule is O=C(O)c1ccc(Br)cc1S(=O)CC1CCC1. The normalized spacial score (nSPS) is 17.5. The van der Waals surface area contributed by atoms with Gasteiger partial charge in [-0.25, -0.2) is 4.79 Å². The van der Waals surface area contributed by atoms with E-state index in [1.165, 1.54) is 12.5 Å². The molecule has 1 fully saturated rings. The summed E-state index contributed by atoms with van der Waals surface area (Å²) < 4.78 is 12.9. The summed E-state index contributed by atoms with van der Waals surface area (Å²) >= 11 is 3.28. The van der Waals surface area contributed by atoms with E-state index in [2.05, 4.69) is 15.9 Å². The highest BCUT2D eigenvalue weighted by Gasteiger charge is 2.23. The summed E-state index contributed by atoms with van der Waals surface area (Å²) in [5.74, 6) is 0.0578. The number of carboxylic acid groups (broad SMARTS) is 1. The second-order valence-electron chi connectivity index (χ2n) is 4.25. The molecule has 1 atom stereocenters. The number of hydrogen-bond acceptors (Lipinski definition) is 2. The van der Waals surface area contributed by atoms with E-state index in [-0.39, 0.29) is 5.56 Å². The predicted molar refractivity (Wildman–Crippen MR) is 69.7 cm³/mol. The molecule has 1 aromatic rings. The van der Waals surface area contributed by atoms with E-state index in [4.69, 9.17) is 5.11 Å². The molecule has 0 saturated heterocycles. The first-order valence-corrected chi connectivity index (χ1v) is 7.60. The number of halogens is 1. The molecular weight excluding hydrogens is 304 g/mol.